The molecule has 3 rings (SSSR count). The number of anilines is 1. The lowest BCUT2D eigenvalue weighted by Crippen LogP contribution is -2.11. The van der Waals surface area contributed by atoms with E-state index in [1.165, 1.54) is 11.3 Å². The number of pyridine rings is 1. The fraction of sp³-hybridized carbons (Fsp3) is 0. The maximum atomic E-state index is 12.1. The van der Waals surface area contributed by atoms with Gasteiger partial charge in [-0.05, 0) is 24.3 Å². The molecule has 0 aliphatic rings. The minimum absolute atomic E-state index is 0.226. The van der Waals surface area contributed by atoms with E-state index >= 15 is 0 Å². The van der Waals surface area contributed by atoms with E-state index in [4.69, 9.17) is 4.74 Å². The molecule has 21 heavy (non-hydrogen) atoms. The lowest BCUT2D eigenvalue weighted by Gasteiger charge is -2.06. The number of thiazole rings is 1. The molecule has 104 valence electrons. The fourth-order valence-electron chi connectivity index (χ4n) is 1.68. The lowest BCUT2D eigenvalue weighted by molar-refractivity contribution is 0.102. The van der Waals surface area contributed by atoms with Gasteiger partial charge in [-0.1, -0.05) is 12.1 Å². The number of carbonyl (C=O) groups is 1. The number of rotatable bonds is 4. The quantitative estimate of drug-likeness (QED) is 0.799. The van der Waals surface area contributed by atoms with Crippen molar-refractivity contribution < 1.29 is 9.53 Å². The molecule has 5 nitrogen and oxygen atoms in total. The first-order valence-corrected chi connectivity index (χ1v) is 7.09. The van der Waals surface area contributed by atoms with Crippen LogP contribution in [0.1, 0.15) is 10.4 Å². The highest BCUT2D eigenvalue weighted by molar-refractivity contribution is 7.13. The van der Waals surface area contributed by atoms with E-state index in [-0.39, 0.29) is 5.91 Å². The molecule has 2 aromatic heterocycles. The van der Waals surface area contributed by atoms with Crippen LogP contribution in [-0.2, 0) is 0 Å². The van der Waals surface area contributed by atoms with Crippen LogP contribution in [0.3, 0.4) is 0 Å². The number of nitrogens with zero attached hydrogens (tertiary/aromatic N) is 2. The zero-order valence-electron chi connectivity index (χ0n) is 10.9. The number of ether oxygens (including phenoxy) is 1. The van der Waals surface area contributed by atoms with Gasteiger partial charge in [0.05, 0.1) is 0 Å². The van der Waals surface area contributed by atoms with Crippen molar-refractivity contribution in [1.82, 2.24) is 9.97 Å². The number of hydrogen-bond acceptors (Lipinski definition) is 5. The van der Waals surface area contributed by atoms with Crippen LogP contribution >= 0.6 is 11.3 Å². The summed E-state index contributed by atoms with van der Waals surface area (Å²) in [6, 6.07) is 12.3. The molecule has 0 atom stereocenters. The van der Waals surface area contributed by atoms with Crippen molar-refractivity contribution >= 4 is 22.4 Å². The third-order valence-electron chi connectivity index (χ3n) is 2.61. The predicted molar refractivity (Wildman–Crippen MR) is 80.8 cm³/mol. The fourth-order valence-corrected chi connectivity index (χ4v) is 2.21. The highest BCUT2D eigenvalue weighted by atomic mass is 32.1. The summed E-state index contributed by atoms with van der Waals surface area (Å²) in [6.07, 6.45) is 3.29. The van der Waals surface area contributed by atoms with Crippen molar-refractivity contribution in [2.24, 2.45) is 0 Å². The summed E-state index contributed by atoms with van der Waals surface area (Å²) in [5.74, 6) is 0.812. The first-order valence-electron chi connectivity index (χ1n) is 6.21. The van der Waals surface area contributed by atoms with E-state index < -0.39 is 0 Å². The SMILES string of the molecule is O=C(Nc1nccs1)c1cccc(Oc2ccccn2)c1. The molecule has 0 saturated heterocycles. The largest absolute Gasteiger partial charge is 0.439 e. The van der Waals surface area contributed by atoms with Crippen molar-refractivity contribution in [2.75, 3.05) is 5.32 Å². The minimum atomic E-state index is -0.226. The Morgan fingerprint density at radius 3 is 2.81 bits per heavy atom. The number of nitrogens with one attached hydrogen (secondary N) is 1. The lowest BCUT2D eigenvalue weighted by atomic mass is 10.2. The summed E-state index contributed by atoms with van der Waals surface area (Å²) in [5.41, 5.74) is 0.499. The van der Waals surface area contributed by atoms with Gasteiger partial charge in [0.15, 0.2) is 5.13 Å². The van der Waals surface area contributed by atoms with Crippen molar-refractivity contribution in [2.45, 2.75) is 0 Å². The Hall–Kier alpha value is -2.73. The van der Waals surface area contributed by atoms with Crippen LogP contribution in [0.4, 0.5) is 5.13 Å². The van der Waals surface area contributed by atoms with E-state index in [1.54, 1.807) is 48.1 Å². The molecule has 0 fully saturated rings. The molecule has 0 bridgehead atoms. The van der Waals surface area contributed by atoms with Gasteiger partial charge in [-0.3, -0.25) is 10.1 Å². The van der Waals surface area contributed by atoms with E-state index in [0.717, 1.165) is 0 Å². The van der Waals surface area contributed by atoms with Crippen LogP contribution in [0.15, 0.2) is 60.2 Å². The Balaban J connectivity index is 1.75. The molecular formula is C15H11N3O2S. The number of hydrogen-bond donors (Lipinski definition) is 1. The van der Waals surface area contributed by atoms with E-state index in [0.29, 0.717) is 22.3 Å². The molecule has 2 heterocycles. The zero-order chi connectivity index (χ0) is 14.5. The second-order valence-electron chi connectivity index (χ2n) is 4.09. The highest BCUT2D eigenvalue weighted by Gasteiger charge is 2.09. The van der Waals surface area contributed by atoms with Gasteiger partial charge in [0.2, 0.25) is 5.88 Å². The van der Waals surface area contributed by atoms with E-state index in [9.17, 15) is 4.79 Å². The van der Waals surface area contributed by atoms with E-state index in [2.05, 4.69) is 15.3 Å². The topological polar surface area (TPSA) is 64.1 Å². The van der Waals surface area contributed by atoms with Crippen LogP contribution in [0.5, 0.6) is 11.6 Å². The first-order chi connectivity index (χ1) is 10.3. The number of benzene rings is 1. The third-order valence-corrected chi connectivity index (χ3v) is 3.30. The van der Waals surface area contributed by atoms with Crippen molar-refractivity contribution in [1.29, 1.82) is 0 Å². The molecule has 0 radical (unpaired) electrons. The minimum Gasteiger partial charge on any atom is -0.439 e. The van der Waals surface area contributed by atoms with Gasteiger partial charge >= 0.3 is 0 Å². The first kappa shape index (κ1) is 13.3. The Bertz CT molecular complexity index is 730. The van der Waals surface area contributed by atoms with Crippen molar-refractivity contribution in [3.8, 4) is 11.6 Å². The molecule has 1 aromatic carbocycles. The summed E-state index contributed by atoms with van der Waals surface area (Å²) in [7, 11) is 0. The van der Waals surface area contributed by atoms with Crippen LogP contribution in [0.2, 0.25) is 0 Å². The average Bonchev–Trinajstić information content (AvgIpc) is 3.01. The standard InChI is InChI=1S/C15H11N3O2S/c19-14(18-15-17-8-9-21-15)11-4-3-5-12(10-11)20-13-6-1-2-7-16-13/h1-10H,(H,17,18,19). The summed E-state index contributed by atoms with van der Waals surface area (Å²) in [5, 5.41) is 5.09. The van der Waals surface area contributed by atoms with Gasteiger partial charge in [-0.25, -0.2) is 9.97 Å². The van der Waals surface area contributed by atoms with Gasteiger partial charge < -0.3 is 4.74 Å². The third kappa shape index (κ3) is 3.43. The number of aromatic nitrogens is 2. The van der Waals surface area contributed by atoms with Crippen LogP contribution in [-0.4, -0.2) is 15.9 Å². The molecule has 6 heteroatoms. The Morgan fingerprint density at radius 1 is 1.10 bits per heavy atom. The highest BCUT2D eigenvalue weighted by Crippen LogP contribution is 2.21. The monoisotopic (exact) mass is 297 g/mol. The molecule has 0 saturated carbocycles. The second-order valence-corrected chi connectivity index (χ2v) is 4.98. The predicted octanol–water partition coefficient (Wildman–Crippen LogP) is 3.58. The van der Waals surface area contributed by atoms with Crippen LogP contribution < -0.4 is 10.1 Å². The molecule has 1 N–H and O–H groups in total. The molecule has 1 amide bonds. The van der Waals surface area contributed by atoms with Gasteiger partial charge in [-0.2, -0.15) is 0 Å². The van der Waals surface area contributed by atoms with Gasteiger partial charge in [-0.15, -0.1) is 11.3 Å². The van der Waals surface area contributed by atoms with Gasteiger partial charge in [0, 0.05) is 29.4 Å². The maximum absolute atomic E-state index is 12.1. The molecule has 0 unspecified atom stereocenters. The summed E-state index contributed by atoms with van der Waals surface area (Å²) >= 11 is 1.37. The summed E-state index contributed by atoms with van der Waals surface area (Å²) < 4.78 is 5.60. The smallest absolute Gasteiger partial charge is 0.257 e. The zero-order valence-corrected chi connectivity index (χ0v) is 11.7. The second kappa shape index (κ2) is 6.15. The Kier molecular flexibility index (Phi) is 3.88. The number of carbonyl (C=O) groups excluding carboxylic acids is 1. The summed E-state index contributed by atoms with van der Waals surface area (Å²) in [4.78, 5) is 20.2. The maximum Gasteiger partial charge on any atom is 0.257 e. The van der Waals surface area contributed by atoms with E-state index in [1.807, 2.05) is 12.1 Å². The van der Waals surface area contributed by atoms with Gasteiger partial charge in [0.25, 0.3) is 5.91 Å². The molecule has 0 aliphatic carbocycles. The Morgan fingerprint density at radius 2 is 2.05 bits per heavy atom. The molecule has 3 aromatic rings. The Labute approximate surface area is 125 Å². The number of amides is 1. The van der Waals surface area contributed by atoms with Crippen LogP contribution in [0, 0.1) is 0 Å². The van der Waals surface area contributed by atoms with Crippen molar-refractivity contribution in [3.05, 3.63) is 65.8 Å². The molecule has 0 aliphatic heterocycles. The van der Waals surface area contributed by atoms with Crippen LogP contribution in [0.25, 0.3) is 0 Å². The average molecular weight is 297 g/mol. The normalized spacial score (nSPS) is 10.1. The molecule has 0 spiro atoms. The van der Waals surface area contributed by atoms with Crippen molar-refractivity contribution in [3.63, 3.8) is 0 Å². The van der Waals surface area contributed by atoms with Gasteiger partial charge in [0.1, 0.15) is 5.75 Å². The molecular weight excluding hydrogens is 286 g/mol. The summed E-state index contributed by atoms with van der Waals surface area (Å²) in [6.45, 7) is 0.